The minimum atomic E-state index is -0.307. The maximum Gasteiger partial charge on any atom is 0.159 e. The summed E-state index contributed by atoms with van der Waals surface area (Å²) in [6, 6.07) is 10.1. The van der Waals surface area contributed by atoms with Gasteiger partial charge in [0.15, 0.2) is 5.82 Å². The Labute approximate surface area is 143 Å². The van der Waals surface area contributed by atoms with Crippen LogP contribution in [0.4, 0.5) is 4.39 Å². The molecule has 0 aliphatic carbocycles. The first-order valence-corrected chi connectivity index (χ1v) is 7.79. The van der Waals surface area contributed by atoms with Crippen molar-refractivity contribution < 1.29 is 4.39 Å². The van der Waals surface area contributed by atoms with Crippen molar-refractivity contribution in [2.45, 2.75) is 6.42 Å². The third-order valence-electron chi connectivity index (χ3n) is 3.78. The van der Waals surface area contributed by atoms with Crippen LogP contribution in [-0.4, -0.2) is 24.9 Å². The fraction of sp³-hybridized carbons (Fsp3) is 0.0526. The van der Waals surface area contributed by atoms with Crippen molar-refractivity contribution in [1.29, 1.82) is 0 Å². The number of nitrogens with zero attached hydrogens (tertiary/aromatic N) is 4. The van der Waals surface area contributed by atoms with E-state index in [0.717, 1.165) is 22.6 Å². The first-order chi connectivity index (χ1) is 12.3. The Morgan fingerprint density at radius 1 is 0.960 bits per heavy atom. The van der Waals surface area contributed by atoms with Crippen LogP contribution in [0, 0.1) is 5.82 Å². The topological polar surface area (TPSA) is 67.3 Å². The molecular formula is C19H14FN5. The molecule has 0 fully saturated rings. The number of imidazole rings is 1. The van der Waals surface area contributed by atoms with E-state index in [0.29, 0.717) is 17.8 Å². The van der Waals surface area contributed by atoms with E-state index < -0.39 is 0 Å². The highest BCUT2D eigenvalue weighted by molar-refractivity contribution is 5.60. The zero-order valence-corrected chi connectivity index (χ0v) is 13.2. The molecule has 0 aliphatic rings. The van der Waals surface area contributed by atoms with Crippen molar-refractivity contribution in [1.82, 2.24) is 24.9 Å². The van der Waals surface area contributed by atoms with Gasteiger partial charge in [-0.1, -0.05) is 12.1 Å². The summed E-state index contributed by atoms with van der Waals surface area (Å²) in [7, 11) is 0. The van der Waals surface area contributed by atoms with Gasteiger partial charge in [-0.05, 0) is 29.8 Å². The number of rotatable bonds is 4. The predicted octanol–water partition coefficient (Wildman–Crippen LogP) is 3.66. The lowest BCUT2D eigenvalue weighted by Crippen LogP contribution is -1.92. The smallest absolute Gasteiger partial charge is 0.159 e. The summed E-state index contributed by atoms with van der Waals surface area (Å²) in [6.07, 6.45) is 9.44. The molecule has 3 heterocycles. The van der Waals surface area contributed by atoms with Crippen LogP contribution in [0.1, 0.15) is 11.4 Å². The van der Waals surface area contributed by atoms with E-state index in [-0.39, 0.29) is 5.82 Å². The van der Waals surface area contributed by atoms with Gasteiger partial charge < -0.3 is 4.98 Å². The van der Waals surface area contributed by atoms with Crippen molar-refractivity contribution >= 4 is 0 Å². The number of H-pyrrole nitrogens is 1. The normalized spacial score (nSPS) is 10.8. The van der Waals surface area contributed by atoms with Crippen LogP contribution in [0.3, 0.4) is 0 Å². The molecule has 25 heavy (non-hydrogen) atoms. The van der Waals surface area contributed by atoms with Gasteiger partial charge in [0.2, 0.25) is 0 Å². The molecule has 1 N–H and O–H groups in total. The maximum atomic E-state index is 13.3. The number of aromatic nitrogens is 5. The first kappa shape index (κ1) is 15.1. The van der Waals surface area contributed by atoms with Crippen molar-refractivity contribution in [3.8, 4) is 22.6 Å². The summed E-state index contributed by atoms with van der Waals surface area (Å²) in [5, 5.41) is 0. The Hall–Kier alpha value is -3.41. The fourth-order valence-corrected chi connectivity index (χ4v) is 2.53. The molecule has 5 nitrogen and oxygen atoms in total. The molecule has 0 saturated carbocycles. The molecule has 0 bridgehead atoms. The summed E-state index contributed by atoms with van der Waals surface area (Å²) in [4.78, 5) is 20.4. The van der Waals surface area contributed by atoms with Crippen molar-refractivity contribution in [2.24, 2.45) is 0 Å². The molecule has 4 rings (SSSR count). The summed E-state index contributed by atoms with van der Waals surface area (Å²) in [6.45, 7) is 0. The lowest BCUT2D eigenvalue weighted by molar-refractivity contribution is 0.628. The number of aromatic amines is 1. The Kier molecular flexibility index (Phi) is 4.00. The van der Waals surface area contributed by atoms with Crippen LogP contribution in [0.25, 0.3) is 22.6 Å². The molecule has 0 spiro atoms. The highest BCUT2D eigenvalue weighted by atomic mass is 19.1. The average molecular weight is 331 g/mol. The van der Waals surface area contributed by atoms with Gasteiger partial charge >= 0.3 is 0 Å². The van der Waals surface area contributed by atoms with Crippen LogP contribution in [0.2, 0.25) is 0 Å². The molecule has 122 valence electrons. The summed E-state index contributed by atoms with van der Waals surface area (Å²) >= 11 is 0. The van der Waals surface area contributed by atoms with Gasteiger partial charge in [-0.25, -0.2) is 19.3 Å². The third kappa shape index (κ3) is 3.42. The Morgan fingerprint density at radius 2 is 1.76 bits per heavy atom. The van der Waals surface area contributed by atoms with Gasteiger partial charge in [-0.3, -0.25) is 4.98 Å². The molecular weight excluding hydrogens is 317 g/mol. The zero-order chi connectivity index (χ0) is 17.1. The van der Waals surface area contributed by atoms with Gasteiger partial charge in [-0.15, -0.1) is 0 Å². The second-order valence-electron chi connectivity index (χ2n) is 5.57. The zero-order valence-electron chi connectivity index (χ0n) is 13.2. The quantitative estimate of drug-likeness (QED) is 0.620. The number of nitrogens with one attached hydrogen (secondary N) is 1. The van der Waals surface area contributed by atoms with Crippen LogP contribution in [-0.2, 0) is 6.42 Å². The highest BCUT2D eigenvalue weighted by Crippen LogP contribution is 2.20. The van der Waals surface area contributed by atoms with Crippen LogP contribution >= 0.6 is 0 Å². The second-order valence-corrected chi connectivity index (χ2v) is 5.57. The average Bonchev–Trinajstić information content (AvgIpc) is 3.11. The van der Waals surface area contributed by atoms with E-state index >= 15 is 0 Å². The van der Waals surface area contributed by atoms with E-state index in [9.17, 15) is 4.39 Å². The lowest BCUT2D eigenvalue weighted by Gasteiger charge is -2.01. The number of hydrogen-bond acceptors (Lipinski definition) is 4. The molecule has 0 unspecified atom stereocenters. The third-order valence-corrected chi connectivity index (χ3v) is 3.78. The molecule has 3 aromatic heterocycles. The first-order valence-electron chi connectivity index (χ1n) is 7.79. The molecule has 0 saturated heterocycles. The number of benzene rings is 1. The maximum absolute atomic E-state index is 13.3. The second kappa shape index (κ2) is 6.60. The van der Waals surface area contributed by atoms with E-state index in [1.54, 1.807) is 36.9 Å². The summed E-state index contributed by atoms with van der Waals surface area (Å²) < 4.78 is 13.3. The van der Waals surface area contributed by atoms with Crippen molar-refractivity contribution in [3.63, 3.8) is 0 Å². The van der Waals surface area contributed by atoms with Gasteiger partial charge in [0, 0.05) is 48.5 Å². The number of hydrogen-bond donors (Lipinski definition) is 1. The van der Waals surface area contributed by atoms with Gasteiger partial charge in [0.1, 0.15) is 11.6 Å². The van der Waals surface area contributed by atoms with Gasteiger partial charge in [0.05, 0.1) is 5.69 Å². The SMILES string of the molecule is Fc1cccc(-c2ncc(-c3c[nH]c(Cc4ccncc4)n3)cn2)c1. The molecule has 4 aromatic rings. The van der Waals surface area contributed by atoms with Crippen LogP contribution < -0.4 is 0 Å². The minimum Gasteiger partial charge on any atom is -0.348 e. The number of pyridine rings is 1. The molecule has 6 heteroatoms. The van der Waals surface area contributed by atoms with Crippen molar-refractivity contribution in [2.75, 3.05) is 0 Å². The molecule has 0 aliphatic heterocycles. The summed E-state index contributed by atoms with van der Waals surface area (Å²) in [5.41, 5.74) is 3.35. The fourth-order valence-electron chi connectivity index (χ4n) is 2.53. The summed E-state index contributed by atoms with van der Waals surface area (Å²) in [5.74, 6) is 1.03. The Morgan fingerprint density at radius 3 is 2.52 bits per heavy atom. The predicted molar refractivity (Wildman–Crippen MR) is 92.1 cm³/mol. The largest absolute Gasteiger partial charge is 0.348 e. The standard InChI is InChI=1S/C19H14FN5/c20-16-3-1-2-14(9-16)19-23-10-15(11-24-19)17-12-22-18(25-17)8-13-4-6-21-7-5-13/h1-7,9-12H,8H2,(H,22,25). The van der Waals surface area contributed by atoms with Crippen molar-refractivity contribution in [3.05, 3.63) is 84.6 Å². The Bertz CT molecular complexity index is 980. The Balaban J connectivity index is 1.54. The molecule has 0 amide bonds. The van der Waals surface area contributed by atoms with E-state index in [2.05, 4.69) is 24.9 Å². The molecule has 0 radical (unpaired) electrons. The monoisotopic (exact) mass is 331 g/mol. The number of halogens is 1. The highest BCUT2D eigenvalue weighted by Gasteiger charge is 2.08. The van der Waals surface area contributed by atoms with Crippen LogP contribution in [0.5, 0.6) is 0 Å². The minimum absolute atomic E-state index is 0.307. The molecule has 0 atom stereocenters. The van der Waals surface area contributed by atoms with E-state index in [1.807, 2.05) is 18.3 Å². The lowest BCUT2D eigenvalue weighted by atomic mass is 10.2. The van der Waals surface area contributed by atoms with E-state index in [1.165, 1.54) is 12.1 Å². The van der Waals surface area contributed by atoms with Crippen LogP contribution in [0.15, 0.2) is 67.4 Å². The van der Waals surface area contributed by atoms with Gasteiger partial charge in [0.25, 0.3) is 0 Å². The van der Waals surface area contributed by atoms with Gasteiger partial charge in [-0.2, -0.15) is 0 Å². The van der Waals surface area contributed by atoms with E-state index in [4.69, 9.17) is 0 Å². The molecule has 1 aromatic carbocycles.